The zero-order chi connectivity index (χ0) is 16.8. The summed E-state index contributed by atoms with van der Waals surface area (Å²) in [6.07, 6.45) is 0. The molecule has 120 valence electrons. The van der Waals surface area contributed by atoms with E-state index in [0.29, 0.717) is 0 Å². The molecule has 0 aliphatic heterocycles. The lowest BCUT2D eigenvalue weighted by atomic mass is 10.0. The maximum absolute atomic E-state index is 11.9. The molecule has 0 saturated carbocycles. The molecule has 0 aliphatic rings. The van der Waals surface area contributed by atoms with Gasteiger partial charge in [0.1, 0.15) is 0 Å². The minimum atomic E-state index is -0.172. The Kier molecular flexibility index (Phi) is 5.52. The molecule has 0 atom stereocenters. The molecule has 0 saturated heterocycles. The van der Waals surface area contributed by atoms with Gasteiger partial charge in [0, 0.05) is 11.3 Å². The summed E-state index contributed by atoms with van der Waals surface area (Å²) >= 11 is 0. The smallest absolute Gasteiger partial charge is 0.259 e. The van der Waals surface area contributed by atoms with Crippen molar-refractivity contribution in [2.45, 2.75) is 27.7 Å². The number of amides is 1. The Balaban J connectivity index is 1.90. The van der Waals surface area contributed by atoms with Crippen molar-refractivity contribution in [3.63, 3.8) is 0 Å². The lowest BCUT2D eigenvalue weighted by Gasteiger charge is -2.08. The quantitative estimate of drug-likeness (QED) is 0.655. The van der Waals surface area contributed by atoms with Crippen LogP contribution in [0.3, 0.4) is 0 Å². The molecule has 0 aromatic heterocycles. The highest BCUT2D eigenvalue weighted by atomic mass is 16.2. The molecule has 23 heavy (non-hydrogen) atoms. The largest absolute Gasteiger partial charge is 0.376 e. The molecule has 4 nitrogen and oxygen atoms in total. The Labute approximate surface area is 137 Å². The minimum Gasteiger partial charge on any atom is -0.376 e. The maximum atomic E-state index is 11.9. The van der Waals surface area contributed by atoms with Crippen LogP contribution in [-0.2, 0) is 4.79 Å². The SMILES string of the molecule is C/C(=N/NC(=O)CNc1ccc(C)cc1)c1ccc(C)cc1C. The van der Waals surface area contributed by atoms with Crippen LogP contribution in [0.5, 0.6) is 0 Å². The Morgan fingerprint density at radius 3 is 2.30 bits per heavy atom. The number of aryl methyl sites for hydroxylation is 3. The molecule has 2 rings (SSSR count). The molecule has 2 N–H and O–H groups in total. The van der Waals surface area contributed by atoms with Gasteiger partial charge in [0.05, 0.1) is 12.3 Å². The van der Waals surface area contributed by atoms with Crippen LogP contribution in [0.25, 0.3) is 0 Å². The van der Waals surface area contributed by atoms with Gasteiger partial charge in [0.15, 0.2) is 0 Å². The Morgan fingerprint density at radius 1 is 1.00 bits per heavy atom. The number of hydrazone groups is 1. The molecule has 0 heterocycles. The van der Waals surface area contributed by atoms with Crippen LogP contribution < -0.4 is 10.7 Å². The molecular weight excluding hydrogens is 286 g/mol. The van der Waals surface area contributed by atoms with Crippen LogP contribution in [0.2, 0.25) is 0 Å². The standard InChI is InChI=1S/C19H23N3O/c1-13-5-8-17(9-6-13)20-12-19(23)22-21-16(4)18-10-7-14(2)11-15(18)3/h5-11,20H,12H2,1-4H3,(H,22,23)/b21-16-. The minimum absolute atomic E-state index is 0.172. The van der Waals surface area contributed by atoms with Crippen molar-refractivity contribution in [2.75, 3.05) is 11.9 Å². The summed E-state index contributed by atoms with van der Waals surface area (Å²) in [5.41, 5.74) is 8.90. The normalized spacial score (nSPS) is 11.2. The fraction of sp³-hybridized carbons (Fsp3) is 0.263. The number of hydrogen-bond donors (Lipinski definition) is 2. The van der Waals surface area contributed by atoms with Gasteiger partial charge in [-0.2, -0.15) is 5.10 Å². The van der Waals surface area contributed by atoms with Gasteiger partial charge < -0.3 is 5.32 Å². The number of anilines is 1. The van der Waals surface area contributed by atoms with Crippen molar-refractivity contribution in [3.05, 3.63) is 64.7 Å². The summed E-state index contributed by atoms with van der Waals surface area (Å²) in [4.78, 5) is 11.9. The van der Waals surface area contributed by atoms with E-state index in [-0.39, 0.29) is 12.5 Å². The predicted octanol–water partition coefficient (Wildman–Crippen LogP) is 3.56. The van der Waals surface area contributed by atoms with E-state index in [9.17, 15) is 4.79 Å². The molecule has 1 amide bonds. The van der Waals surface area contributed by atoms with Gasteiger partial charge in [-0.3, -0.25) is 4.79 Å². The molecule has 2 aromatic carbocycles. The van der Waals surface area contributed by atoms with Gasteiger partial charge in [-0.05, 0) is 45.4 Å². The highest BCUT2D eigenvalue weighted by Gasteiger charge is 2.04. The lowest BCUT2D eigenvalue weighted by molar-refractivity contribution is -0.119. The first-order valence-electron chi connectivity index (χ1n) is 7.67. The second-order valence-corrected chi connectivity index (χ2v) is 5.77. The zero-order valence-electron chi connectivity index (χ0n) is 14.1. The van der Waals surface area contributed by atoms with Crippen molar-refractivity contribution in [1.29, 1.82) is 0 Å². The van der Waals surface area contributed by atoms with Gasteiger partial charge >= 0.3 is 0 Å². The van der Waals surface area contributed by atoms with E-state index in [1.807, 2.05) is 57.2 Å². The molecule has 0 radical (unpaired) electrons. The summed E-state index contributed by atoms with van der Waals surface area (Å²) in [5.74, 6) is -0.172. The maximum Gasteiger partial charge on any atom is 0.259 e. The average molecular weight is 309 g/mol. The van der Waals surface area contributed by atoms with Crippen molar-refractivity contribution in [2.24, 2.45) is 5.10 Å². The summed E-state index contributed by atoms with van der Waals surface area (Å²) in [6.45, 7) is 8.21. The van der Waals surface area contributed by atoms with Gasteiger partial charge in [0.25, 0.3) is 5.91 Å². The lowest BCUT2D eigenvalue weighted by Crippen LogP contribution is -2.26. The van der Waals surface area contributed by atoms with Crippen LogP contribution in [-0.4, -0.2) is 18.2 Å². The van der Waals surface area contributed by atoms with Crippen molar-refractivity contribution in [3.8, 4) is 0 Å². The third kappa shape index (κ3) is 4.95. The third-order valence-electron chi connectivity index (χ3n) is 3.62. The van der Waals surface area contributed by atoms with E-state index in [2.05, 4.69) is 28.8 Å². The molecule has 0 spiro atoms. The number of benzene rings is 2. The predicted molar refractivity (Wildman–Crippen MR) is 95.9 cm³/mol. The van der Waals surface area contributed by atoms with Crippen LogP contribution >= 0.6 is 0 Å². The zero-order valence-corrected chi connectivity index (χ0v) is 14.1. The fourth-order valence-electron chi connectivity index (χ4n) is 2.32. The van der Waals surface area contributed by atoms with Gasteiger partial charge in [0.2, 0.25) is 0 Å². The summed E-state index contributed by atoms with van der Waals surface area (Å²) in [7, 11) is 0. The van der Waals surface area contributed by atoms with E-state index in [1.54, 1.807) is 0 Å². The Hall–Kier alpha value is -2.62. The van der Waals surface area contributed by atoms with E-state index < -0.39 is 0 Å². The second-order valence-electron chi connectivity index (χ2n) is 5.77. The number of rotatable bonds is 5. The van der Waals surface area contributed by atoms with Crippen LogP contribution in [0.15, 0.2) is 47.6 Å². The number of hydrogen-bond acceptors (Lipinski definition) is 3. The molecule has 2 aromatic rings. The monoisotopic (exact) mass is 309 g/mol. The fourth-order valence-corrected chi connectivity index (χ4v) is 2.32. The number of carbonyl (C=O) groups excluding carboxylic acids is 1. The average Bonchev–Trinajstić information content (AvgIpc) is 2.52. The van der Waals surface area contributed by atoms with Crippen LogP contribution in [0.4, 0.5) is 5.69 Å². The molecule has 0 aliphatic carbocycles. The molecule has 0 unspecified atom stereocenters. The van der Waals surface area contributed by atoms with E-state index in [1.165, 1.54) is 11.1 Å². The highest BCUT2D eigenvalue weighted by molar-refractivity contribution is 6.00. The van der Waals surface area contributed by atoms with Gasteiger partial charge in [-0.25, -0.2) is 5.43 Å². The van der Waals surface area contributed by atoms with E-state index in [4.69, 9.17) is 0 Å². The van der Waals surface area contributed by atoms with E-state index >= 15 is 0 Å². The molecule has 0 fully saturated rings. The van der Waals surface area contributed by atoms with Crippen LogP contribution in [0.1, 0.15) is 29.2 Å². The summed E-state index contributed by atoms with van der Waals surface area (Å²) in [6, 6.07) is 14.1. The molecular formula is C19H23N3O. The van der Waals surface area contributed by atoms with Crippen LogP contribution in [0, 0.1) is 20.8 Å². The first-order valence-corrected chi connectivity index (χ1v) is 7.67. The summed E-state index contributed by atoms with van der Waals surface area (Å²) in [5, 5.41) is 7.26. The van der Waals surface area contributed by atoms with Crippen molar-refractivity contribution in [1.82, 2.24) is 5.43 Å². The van der Waals surface area contributed by atoms with E-state index in [0.717, 1.165) is 22.5 Å². The second kappa shape index (κ2) is 7.58. The first kappa shape index (κ1) is 16.7. The Morgan fingerprint density at radius 2 is 1.65 bits per heavy atom. The van der Waals surface area contributed by atoms with Gasteiger partial charge in [-0.1, -0.05) is 41.5 Å². The number of nitrogens with zero attached hydrogens (tertiary/aromatic N) is 1. The molecule has 0 bridgehead atoms. The third-order valence-corrected chi connectivity index (χ3v) is 3.62. The first-order chi connectivity index (χ1) is 11.0. The number of carbonyl (C=O) groups is 1. The Bertz CT molecular complexity index is 718. The summed E-state index contributed by atoms with van der Waals surface area (Å²) < 4.78 is 0. The number of nitrogens with one attached hydrogen (secondary N) is 2. The van der Waals surface area contributed by atoms with Crippen molar-refractivity contribution < 1.29 is 4.79 Å². The highest BCUT2D eigenvalue weighted by Crippen LogP contribution is 2.11. The topological polar surface area (TPSA) is 53.5 Å². The van der Waals surface area contributed by atoms with Gasteiger partial charge in [-0.15, -0.1) is 0 Å². The molecule has 4 heteroatoms. The van der Waals surface area contributed by atoms with Crippen molar-refractivity contribution >= 4 is 17.3 Å².